The average molecular weight is 505 g/mol. The second kappa shape index (κ2) is 8.21. The van der Waals surface area contributed by atoms with Crippen molar-refractivity contribution in [2.75, 3.05) is 19.0 Å². The molecule has 3 aliphatic rings. The lowest BCUT2D eigenvalue weighted by Crippen LogP contribution is -2.58. The first-order chi connectivity index (χ1) is 17.4. The molecule has 0 radical (unpaired) electrons. The number of aryl methyl sites for hydroxylation is 1. The number of aliphatic hydroxyl groups is 3. The van der Waals surface area contributed by atoms with E-state index in [9.17, 15) is 34.8 Å². The van der Waals surface area contributed by atoms with Crippen LogP contribution in [0, 0.1) is 18.8 Å². The number of phenols is 1. The van der Waals surface area contributed by atoms with Crippen LogP contribution >= 0.6 is 0 Å². The van der Waals surface area contributed by atoms with Crippen LogP contribution in [-0.4, -0.2) is 57.6 Å². The number of nitrogens with zero attached hydrogens (tertiary/aromatic N) is 1. The number of aromatic hydroxyl groups is 1. The van der Waals surface area contributed by atoms with Crippen LogP contribution in [0.1, 0.15) is 29.5 Å². The Kier molecular flexibility index (Phi) is 5.45. The number of carbonyl (C=O) groups excluding carboxylic acids is 3. The normalized spacial score (nSPS) is 25.0. The number of fused-ring (bicyclic) bond motifs is 3. The number of benzene rings is 2. The van der Waals surface area contributed by atoms with Gasteiger partial charge in [-0.05, 0) is 42.9 Å². The average Bonchev–Trinajstić information content (AvgIpc) is 2.82. The van der Waals surface area contributed by atoms with E-state index in [2.05, 4.69) is 0 Å². The Bertz CT molecular complexity index is 1450. The summed E-state index contributed by atoms with van der Waals surface area (Å²) in [7, 11) is 3.67. The molecule has 0 aromatic heterocycles. The number of Topliss-reactive ketones (excluding diaryl/α,β-unsaturated/α-hetero) is 2. The van der Waals surface area contributed by atoms with Gasteiger partial charge in [-0.3, -0.25) is 14.4 Å². The molecule has 9 heteroatoms. The summed E-state index contributed by atoms with van der Waals surface area (Å²) in [6.07, 6.45) is 0.0000220. The molecule has 37 heavy (non-hydrogen) atoms. The van der Waals surface area contributed by atoms with Gasteiger partial charge in [-0.1, -0.05) is 29.8 Å². The second-order valence-electron chi connectivity index (χ2n) is 10.3. The third-order valence-electron chi connectivity index (χ3n) is 7.88. The number of rotatable bonds is 3. The second-order valence-corrected chi connectivity index (χ2v) is 10.3. The minimum Gasteiger partial charge on any atom is -0.508 e. The summed E-state index contributed by atoms with van der Waals surface area (Å²) in [5.41, 5.74) is 5.34. The monoisotopic (exact) mass is 504 g/mol. The Morgan fingerprint density at radius 3 is 2.32 bits per heavy atom. The SMILES string of the molecule is Cc1ccc(-c2cc(N(C)C)c3c(c2O)C(O)=C2C(=O)C4(O)C(O)=C(C(N)=O)C(=O)CC4CC2C3)cc1. The maximum absolute atomic E-state index is 13.7. The summed E-state index contributed by atoms with van der Waals surface area (Å²) in [6, 6.07) is 9.31. The molecule has 3 atom stereocenters. The minimum atomic E-state index is -2.58. The number of phenolic OH excluding ortho intramolecular Hbond substituents is 1. The van der Waals surface area contributed by atoms with Gasteiger partial charge in [0.15, 0.2) is 11.4 Å². The van der Waals surface area contributed by atoms with Crippen molar-refractivity contribution in [1.82, 2.24) is 0 Å². The number of primary amides is 1. The lowest BCUT2D eigenvalue weighted by atomic mass is 9.59. The van der Waals surface area contributed by atoms with Gasteiger partial charge in [0.25, 0.3) is 5.91 Å². The Morgan fingerprint density at radius 1 is 1.08 bits per heavy atom. The molecule has 2 aromatic carbocycles. The van der Waals surface area contributed by atoms with E-state index in [0.29, 0.717) is 16.7 Å². The molecule has 0 saturated heterocycles. The number of aliphatic hydroxyl groups excluding tert-OH is 2. The van der Waals surface area contributed by atoms with E-state index < -0.39 is 52.0 Å². The molecule has 0 bridgehead atoms. The van der Waals surface area contributed by atoms with E-state index >= 15 is 0 Å². The largest absolute Gasteiger partial charge is 0.508 e. The van der Waals surface area contributed by atoms with Gasteiger partial charge in [0.2, 0.25) is 5.78 Å². The van der Waals surface area contributed by atoms with Crippen molar-refractivity contribution in [2.45, 2.75) is 31.8 Å². The first-order valence-corrected chi connectivity index (χ1v) is 12.0. The topological polar surface area (TPSA) is 161 Å². The molecule has 9 nitrogen and oxygen atoms in total. The molecule has 0 aliphatic heterocycles. The summed E-state index contributed by atoms with van der Waals surface area (Å²) in [5.74, 6) is -6.36. The van der Waals surface area contributed by atoms with Crippen molar-refractivity contribution < 1.29 is 34.8 Å². The number of anilines is 1. The van der Waals surface area contributed by atoms with Crippen molar-refractivity contribution >= 4 is 28.9 Å². The fourth-order valence-corrected chi connectivity index (χ4v) is 6.02. The highest BCUT2D eigenvalue weighted by Crippen LogP contribution is 2.54. The lowest BCUT2D eigenvalue weighted by molar-refractivity contribution is -0.147. The number of nitrogens with two attached hydrogens (primary N) is 1. The number of hydrogen-bond acceptors (Lipinski definition) is 8. The molecule has 0 heterocycles. The van der Waals surface area contributed by atoms with Gasteiger partial charge in [0.1, 0.15) is 22.8 Å². The van der Waals surface area contributed by atoms with Crippen LogP contribution in [0.15, 0.2) is 47.2 Å². The standard InChI is InChI=1S/C28H28N2O7/c1-12-4-6-13(7-5-12)16-11-18(30(2)3)17-9-14-8-15-10-19(31)22(27(29)36)26(35)28(15,37)25(34)20(14)24(33)21(17)23(16)32/h4-7,11,14-15,32-33,35,37H,8-10H2,1-3H3,(H2,29,36). The van der Waals surface area contributed by atoms with Crippen molar-refractivity contribution in [1.29, 1.82) is 0 Å². The van der Waals surface area contributed by atoms with Crippen LogP contribution in [-0.2, 0) is 20.8 Å². The summed E-state index contributed by atoms with van der Waals surface area (Å²) < 4.78 is 0. The van der Waals surface area contributed by atoms with Gasteiger partial charge in [-0.2, -0.15) is 0 Å². The van der Waals surface area contributed by atoms with Crippen molar-refractivity contribution in [3.05, 3.63) is 63.9 Å². The maximum Gasteiger partial charge on any atom is 0.255 e. The van der Waals surface area contributed by atoms with Crippen LogP contribution in [0.3, 0.4) is 0 Å². The maximum atomic E-state index is 13.7. The Hall–Kier alpha value is -4.11. The molecular weight excluding hydrogens is 476 g/mol. The van der Waals surface area contributed by atoms with Crippen LogP contribution in [0.4, 0.5) is 5.69 Å². The number of hydrogen-bond donors (Lipinski definition) is 5. The van der Waals surface area contributed by atoms with Gasteiger partial charge in [-0.15, -0.1) is 0 Å². The van der Waals surface area contributed by atoms with Crippen molar-refractivity contribution in [3.63, 3.8) is 0 Å². The molecule has 3 unspecified atom stereocenters. The van der Waals surface area contributed by atoms with E-state index in [0.717, 1.165) is 11.3 Å². The molecule has 0 spiro atoms. The van der Waals surface area contributed by atoms with E-state index in [1.807, 2.05) is 56.3 Å². The van der Waals surface area contributed by atoms with Gasteiger partial charge >= 0.3 is 0 Å². The molecule has 192 valence electrons. The van der Waals surface area contributed by atoms with Gasteiger partial charge in [0, 0.05) is 43.3 Å². The highest BCUT2D eigenvalue weighted by molar-refractivity contribution is 6.22. The number of ketones is 2. The summed E-state index contributed by atoms with van der Waals surface area (Å²) in [6.45, 7) is 1.94. The summed E-state index contributed by atoms with van der Waals surface area (Å²) in [4.78, 5) is 39.9. The fraction of sp³-hybridized carbons (Fsp3) is 0.321. The van der Waals surface area contributed by atoms with E-state index in [4.69, 9.17) is 5.73 Å². The van der Waals surface area contributed by atoms with E-state index in [1.165, 1.54) is 0 Å². The minimum absolute atomic E-state index is 0.0777. The van der Waals surface area contributed by atoms with Crippen molar-refractivity contribution in [2.24, 2.45) is 17.6 Å². The summed E-state index contributed by atoms with van der Waals surface area (Å²) >= 11 is 0. The zero-order valence-electron chi connectivity index (χ0n) is 20.7. The predicted octanol–water partition coefficient (Wildman–Crippen LogP) is 2.47. The Morgan fingerprint density at radius 2 is 1.73 bits per heavy atom. The molecule has 1 saturated carbocycles. The van der Waals surface area contributed by atoms with Gasteiger partial charge < -0.3 is 31.1 Å². The van der Waals surface area contributed by atoms with E-state index in [-0.39, 0.29) is 36.1 Å². The summed E-state index contributed by atoms with van der Waals surface area (Å²) in [5, 5.41) is 44.9. The predicted molar refractivity (Wildman–Crippen MR) is 136 cm³/mol. The Balaban J connectivity index is 1.75. The Labute approximate surface area is 213 Å². The molecule has 1 amide bonds. The molecular formula is C28H28N2O7. The lowest BCUT2D eigenvalue weighted by Gasteiger charge is -2.46. The zero-order chi connectivity index (χ0) is 27.0. The molecule has 5 rings (SSSR count). The first kappa shape index (κ1) is 24.6. The van der Waals surface area contributed by atoms with Gasteiger partial charge in [-0.25, -0.2) is 0 Å². The van der Waals surface area contributed by atoms with Crippen LogP contribution in [0.25, 0.3) is 16.9 Å². The number of carbonyl (C=O) groups is 3. The molecule has 1 fully saturated rings. The highest BCUT2D eigenvalue weighted by Gasteiger charge is 2.60. The molecule has 3 aliphatic carbocycles. The van der Waals surface area contributed by atoms with Crippen molar-refractivity contribution in [3.8, 4) is 16.9 Å². The smallest absolute Gasteiger partial charge is 0.255 e. The number of amides is 1. The van der Waals surface area contributed by atoms with Gasteiger partial charge in [0.05, 0.1) is 5.56 Å². The fourth-order valence-electron chi connectivity index (χ4n) is 6.02. The van der Waals surface area contributed by atoms with Crippen LogP contribution in [0.2, 0.25) is 0 Å². The third-order valence-corrected chi connectivity index (χ3v) is 7.88. The quantitative estimate of drug-likeness (QED) is 0.398. The third kappa shape index (κ3) is 3.37. The van der Waals surface area contributed by atoms with Crippen LogP contribution in [0.5, 0.6) is 5.75 Å². The van der Waals surface area contributed by atoms with E-state index in [1.54, 1.807) is 0 Å². The first-order valence-electron chi connectivity index (χ1n) is 12.0. The van der Waals surface area contributed by atoms with Crippen LogP contribution < -0.4 is 10.6 Å². The highest BCUT2D eigenvalue weighted by atomic mass is 16.3. The zero-order valence-corrected chi connectivity index (χ0v) is 20.7. The molecule has 2 aromatic rings. The molecule has 6 N–H and O–H groups in total.